The Balaban J connectivity index is 1.21. The summed E-state index contributed by atoms with van der Waals surface area (Å²) in [6.45, 7) is -0.527. The minimum atomic E-state index is -0.741. The third-order valence-corrected chi connectivity index (χ3v) is 5.29. The van der Waals surface area contributed by atoms with E-state index in [1.807, 2.05) is 0 Å². The van der Waals surface area contributed by atoms with Crippen LogP contribution in [0, 0.1) is 0 Å². The van der Waals surface area contributed by atoms with E-state index >= 15 is 0 Å². The molecule has 0 bridgehead atoms. The van der Waals surface area contributed by atoms with Gasteiger partial charge in [-0.3, -0.25) is 14.4 Å². The van der Waals surface area contributed by atoms with Gasteiger partial charge < -0.3 is 20.0 Å². The minimum Gasteiger partial charge on any atom is -0.452 e. The number of imidazole rings is 1. The van der Waals surface area contributed by atoms with Crippen molar-refractivity contribution in [2.24, 2.45) is 0 Å². The van der Waals surface area contributed by atoms with Gasteiger partial charge in [-0.2, -0.15) is 0 Å². The van der Waals surface area contributed by atoms with E-state index in [1.54, 1.807) is 42.5 Å². The molecule has 168 valence electrons. The lowest BCUT2D eigenvalue weighted by Crippen LogP contribution is -2.29. The quantitative estimate of drug-likeness (QED) is 0.311. The smallest absolute Gasteiger partial charge is 0.338 e. The average Bonchev–Trinajstić information content (AvgIpc) is 3.33. The fourth-order valence-electron chi connectivity index (χ4n) is 3.69. The van der Waals surface area contributed by atoms with Crippen molar-refractivity contribution >= 4 is 46.1 Å². The normalized spacial score (nSPS) is 12.6. The molecular weight excluding hydrogens is 440 g/mol. The SMILES string of the molecule is O=C(COC(=O)c1ccc(N2C(=O)c3ccccc3C2=O)cc1)Nc1ccc2[nH]c(=O)[nH]c2c1. The van der Waals surface area contributed by atoms with Gasteiger partial charge in [0.25, 0.3) is 17.7 Å². The number of aromatic amines is 2. The predicted octanol–water partition coefficient (Wildman–Crippen LogP) is 2.45. The first-order valence-electron chi connectivity index (χ1n) is 10.2. The van der Waals surface area contributed by atoms with Crippen LogP contribution in [-0.4, -0.2) is 40.3 Å². The van der Waals surface area contributed by atoms with E-state index in [0.717, 1.165) is 4.90 Å². The van der Waals surface area contributed by atoms with Crippen LogP contribution in [0.3, 0.4) is 0 Å². The van der Waals surface area contributed by atoms with Crippen molar-refractivity contribution in [2.75, 3.05) is 16.8 Å². The number of rotatable bonds is 5. The highest BCUT2D eigenvalue weighted by Gasteiger charge is 2.36. The molecule has 34 heavy (non-hydrogen) atoms. The summed E-state index contributed by atoms with van der Waals surface area (Å²) in [4.78, 5) is 67.2. The Morgan fingerprint density at radius 2 is 1.47 bits per heavy atom. The van der Waals surface area contributed by atoms with E-state index in [4.69, 9.17) is 4.74 Å². The van der Waals surface area contributed by atoms with Crippen molar-refractivity contribution in [1.82, 2.24) is 9.97 Å². The lowest BCUT2D eigenvalue weighted by molar-refractivity contribution is -0.119. The molecular formula is C24H16N4O6. The molecule has 2 heterocycles. The van der Waals surface area contributed by atoms with Crippen LogP contribution < -0.4 is 15.9 Å². The minimum absolute atomic E-state index is 0.152. The van der Waals surface area contributed by atoms with Gasteiger partial charge in [-0.05, 0) is 54.6 Å². The zero-order chi connectivity index (χ0) is 23.8. The van der Waals surface area contributed by atoms with Crippen LogP contribution in [0.2, 0.25) is 0 Å². The molecule has 5 rings (SSSR count). The van der Waals surface area contributed by atoms with Crippen molar-refractivity contribution in [1.29, 1.82) is 0 Å². The molecule has 0 saturated heterocycles. The van der Waals surface area contributed by atoms with E-state index < -0.39 is 30.3 Å². The molecule has 0 atom stereocenters. The fraction of sp³-hybridized carbons (Fsp3) is 0.0417. The van der Waals surface area contributed by atoms with E-state index in [9.17, 15) is 24.0 Å². The van der Waals surface area contributed by atoms with Gasteiger partial charge in [-0.1, -0.05) is 12.1 Å². The van der Waals surface area contributed by atoms with Gasteiger partial charge in [0.1, 0.15) is 0 Å². The number of carbonyl (C=O) groups is 4. The van der Waals surface area contributed by atoms with Crippen LogP contribution in [0.25, 0.3) is 11.0 Å². The zero-order valence-electron chi connectivity index (χ0n) is 17.5. The van der Waals surface area contributed by atoms with Gasteiger partial charge in [0.05, 0.1) is 33.4 Å². The Labute approximate surface area is 191 Å². The fourth-order valence-corrected chi connectivity index (χ4v) is 3.69. The molecule has 1 aliphatic rings. The molecule has 0 fully saturated rings. The van der Waals surface area contributed by atoms with Gasteiger partial charge in [0, 0.05) is 5.69 Å². The lowest BCUT2D eigenvalue weighted by atomic mass is 10.1. The van der Waals surface area contributed by atoms with Crippen molar-refractivity contribution < 1.29 is 23.9 Å². The van der Waals surface area contributed by atoms with Crippen LogP contribution in [-0.2, 0) is 9.53 Å². The van der Waals surface area contributed by atoms with Gasteiger partial charge in [0.2, 0.25) is 0 Å². The molecule has 3 N–H and O–H groups in total. The first-order valence-corrected chi connectivity index (χ1v) is 10.2. The summed E-state index contributed by atoms with van der Waals surface area (Å²) in [7, 11) is 0. The Kier molecular flexibility index (Phi) is 5.02. The molecule has 3 amide bonds. The number of aromatic nitrogens is 2. The third-order valence-electron chi connectivity index (χ3n) is 5.29. The number of fused-ring (bicyclic) bond motifs is 2. The van der Waals surface area contributed by atoms with E-state index in [-0.39, 0.29) is 11.3 Å². The van der Waals surface area contributed by atoms with Crippen molar-refractivity contribution in [3.05, 3.63) is 93.9 Å². The Bertz CT molecular complexity index is 1500. The maximum Gasteiger partial charge on any atom is 0.338 e. The van der Waals surface area contributed by atoms with E-state index in [2.05, 4.69) is 15.3 Å². The molecule has 0 aliphatic carbocycles. The molecule has 0 radical (unpaired) electrons. The summed E-state index contributed by atoms with van der Waals surface area (Å²) in [5, 5.41) is 2.58. The summed E-state index contributed by atoms with van der Waals surface area (Å²) < 4.78 is 5.05. The second kappa shape index (κ2) is 8.17. The average molecular weight is 456 g/mol. The molecule has 1 aromatic heterocycles. The van der Waals surface area contributed by atoms with Crippen LogP contribution in [0.5, 0.6) is 0 Å². The number of hydrogen-bond acceptors (Lipinski definition) is 6. The summed E-state index contributed by atoms with van der Waals surface area (Å²) >= 11 is 0. The number of ether oxygens (including phenoxy) is 1. The van der Waals surface area contributed by atoms with Gasteiger partial charge in [-0.25, -0.2) is 14.5 Å². The maximum atomic E-state index is 12.6. The Morgan fingerprint density at radius 3 is 2.15 bits per heavy atom. The molecule has 0 unspecified atom stereocenters. The molecule has 10 heteroatoms. The van der Waals surface area contributed by atoms with Crippen LogP contribution in [0.4, 0.5) is 11.4 Å². The number of imide groups is 1. The number of H-pyrrole nitrogens is 2. The maximum absolute atomic E-state index is 12.6. The highest BCUT2D eigenvalue weighted by molar-refractivity contribution is 6.34. The van der Waals surface area contributed by atoms with Gasteiger partial charge >= 0.3 is 11.7 Å². The van der Waals surface area contributed by atoms with Crippen molar-refractivity contribution in [3.8, 4) is 0 Å². The Hall–Kier alpha value is -4.99. The first kappa shape index (κ1) is 20.9. The molecule has 4 aromatic rings. The third kappa shape index (κ3) is 3.73. The monoisotopic (exact) mass is 456 g/mol. The highest BCUT2D eigenvalue weighted by Crippen LogP contribution is 2.28. The predicted molar refractivity (Wildman–Crippen MR) is 122 cm³/mol. The summed E-state index contributed by atoms with van der Waals surface area (Å²) in [6, 6.07) is 17.1. The molecule has 0 saturated carbocycles. The second-order valence-electron chi connectivity index (χ2n) is 7.50. The van der Waals surface area contributed by atoms with Crippen molar-refractivity contribution in [3.63, 3.8) is 0 Å². The first-order chi connectivity index (χ1) is 16.4. The summed E-state index contributed by atoms with van der Waals surface area (Å²) in [6.07, 6.45) is 0. The van der Waals surface area contributed by atoms with Gasteiger partial charge in [-0.15, -0.1) is 0 Å². The largest absolute Gasteiger partial charge is 0.452 e. The summed E-state index contributed by atoms with van der Waals surface area (Å²) in [5.41, 5.74) is 2.30. The number of amides is 3. The number of benzene rings is 3. The highest BCUT2D eigenvalue weighted by atomic mass is 16.5. The van der Waals surface area contributed by atoms with E-state index in [0.29, 0.717) is 33.5 Å². The topological polar surface area (TPSA) is 141 Å². The van der Waals surface area contributed by atoms with Crippen LogP contribution >= 0.6 is 0 Å². The Morgan fingerprint density at radius 1 is 0.824 bits per heavy atom. The molecule has 3 aromatic carbocycles. The number of esters is 1. The second-order valence-corrected chi connectivity index (χ2v) is 7.50. The number of nitrogens with zero attached hydrogens (tertiary/aromatic N) is 1. The lowest BCUT2D eigenvalue weighted by Gasteiger charge is -2.14. The summed E-state index contributed by atoms with van der Waals surface area (Å²) in [5.74, 6) is -2.17. The van der Waals surface area contributed by atoms with E-state index in [1.165, 1.54) is 24.3 Å². The zero-order valence-corrected chi connectivity index (χ0v) is 17.5. The number of nitrogens with one attached hydrogen (secondary N) is 3. The number of anilines is 2. The molecule has 0 spiro atoms. The van der Waals surface area contributed by atoms with Crippen LogP contribution in [0.1, 0.15) is 31.1 Å². The molecule has 10 nitrogen and oxygen atoms in total. The molecule has 1 aliphatic heterocycles. The van der Waals surface area contributed by atoms with Gasteiger partial charge in [0.15, 0.2) is 6.61 Å². The van der Waals surface area contributed by atoms with Crippen LogP contribution in [0.15, 0.2) is 71.5 Å². The standard InChI is InChI=1S/C24H16N4O6/c29-20(25-14-7-10-18-19(11-14)27-24(33)26-18)12-34-23(32)13-5-8-15(9-6-13)28-21(30)16-3-1-2-4-17(16)22(28)31/h1-11H,12H2,(H,25,29)(H2,26,27,33). The number of hydrogen-bond donors (Lipinski definition) is 3. The number of carbonyl (C=O) groups excluding carboxylic acids is 4. The van der Waals surface area contributed by atoms with Crippen molar-refractivity contribution in [2.45, 2.75) is 0 Å².